The maximum atomic E-state index is 12.4. The minimum atomic E-state index is -3.86. The van der Waals surface area contributed by atoms with Crippen molar-refractivity contribution in [2.24, 2.45) is 0 Å². The number of nitrogens with zero attached hydrogens (tertiary/aromatic N) is 2. The zero-order valence-corrected chi connectivity index (χ0v) is 16.1. The summed E-state index contributed by atoms with van der Waals surface area (Å²) in [5.41, 5.74) is 0.992. The van der Waals surface area contributed by atoms with Gasteiger partial charge in [-0.2, -0.15) is 5.26 Å². The van der Waals surface area contributed by atoms with E-state index in [1.807, 2.05) is 12.1 Å². The molecule has 0 aliphatic heterocycles. The highest BCUT2D eigenvalue weighted by molar-refractivity contribution is 7.92. The van der Waals surface area contributed by atoms with E-state index in [1.54, 1.807) is 31.2 Å². The first-order chi connectivity index (χ1) is 13.9. The Bertz CT molecular complexity index is 1190. The molecule has 0 fully saturated rings. The third kappa shape index (κ3) is 5.09. The molecular formula is C20H16N4O4S. The Balaban J connectivity index is 1.72. The van der Waals surface area contributed by atoms with Crippen molar-refractivity contribution in [1.29, 1.82) is 5.26 Å². The molecule has 29 heavy (non-hydrogen) atoms. The van der Waals surface area contributed by atoms with Gasteiger partial charge in [0.05, 0.1) is 4.90 Å². The van der Waals surface area contributed by atoms with Crippen LogP contribution >= 0.6 is 0 Å². The molecule has 2 aromatic carbocycles. The Morgan fingerprint density at radius 3 is 2.41 bits per heavy atom. The van der Waals surface area contributed by atoms with Gasteiger partial charge in [-0.25, -0.2) is 8.42 Å². The van der Waals surface area contributed by atoms with Crippen LogP contribution in [0.3, 0.4) is 0 Å². The number of hydrogen-bond acceptors (Lipinski definition) is 6. The number of benzene rings is 2. The van der Waals surface area contributed by atoms with Gasteiger partial charge in [-0.1, -0.05) is 35.5 Å². The van der Waals surface area contributed by atoms with Crippen LogP contribution in [0, 0.1) is 18.3 Å². The maximum Gasteiger partial charge on any atom is 0.266 e. The van der Waals surface area contributed by atoms with Gasteiger partial charge in [0.15, 0.2) is 5.82 Å². The molecule has 1 amide bonds. The predicted molar refractivity (Wildman–Crippen MR) is 107 cm³/mol. The summed E-state index contributed by atoms with van der Waals surface area (Å²) in [5.74, 6) is -0.0506. The molecule has 3 rings (SSSR count). The smallest absolute Gasteiger partial charge is 0.266 e. The van der Waals surface area contributed by atoms with E-state index in [0.29, 0.717) is 11.4 Å². The van der Waals surface area contributed by atoms with E-state index >= 15 is 0 Å². The molecular weight excluding hydrogens is 392 g/mol. The number of rotatable bonds is 6. The molecule has 0 bridgehead atoms. The normalized spacial score (nSPS) is 11.5. The van der Waals surface area contributed by atoms with Gasteiger partial charge >= 0.3 is 0 Å². The van der Waals surface area contributed by atoms with Crippen molar-refractivity contribution in [3.8, 4) is 6.07 Å². The van der Waals surface area contributed by atoms with Crippen molar-refractivity contribution in [1.82, 2.24) is 5.16 Å². The molecule has 2 N–H and O–H groups in total. The molecule has 0 saturated carbocycles. The Morgan fingerprint density at radius 1 is 1.14 bits per heavy atom. The highest BCUT2D eigenvalue weighted by atomic mass is 32.2. The SMILES string of the molecule is Cc1cc(NS(=O)(=O)c2ccc(NC(=O)/C(C#N)=C/c3ccccc3)cc2)no1. The Hall–Kier alpha value is -3.90. The van der Waals surface area contributed by atoms with Crippen LogP contribution in [-0.4, -0.2) is 19.5 Å². The highest BCUT2D eigenvalue weighted by Crippen LogP contribution is 2.19. The van der Waals surface area contributed by atoms with Gasteiger partial charge in [0.1, 0.15) is 17.4 Å². The number of aryl methyl sites for hydroxylation is 1. The average molecular weight is 408 g/mol. The fourth-order valence-corrected chi connectivity index (χ4v) is 3.38. The molecule has 0 spiro atoms. The topological polar surface area (TPSA) is 125 Å². The van der Waals surface area contributed by atoms with Crippen LogP contribution in [0.5, 0.6) is 0 Å². The van der Waals surface area contributed by atoms with Crippen LogP contribution in [-0.2, 0) is 14.8 Å². The van der Waals surface area contributed by atoms with Gasteiger partial charge in [-0.15, -0.1) is 0 Å². The number of aromatic nitrogens is 1. The maximum absolute atomic E-state index is 12.4. The van der Waals surface area contributed by atoms with Crippen LogP contribution in [0.2, 0.25) is 0 Å². The van der Waals surface area contributed by atoms with Crippen LogP contribution in [0.15, 0.2) is 75.7 Å². The molecule has 146 valence electrons. The van der Waals surface area contributed by atoms with E-state index < -0.39 is 15.9 Å². The standard InChI is InChI=1S/C20H16N4O4S/c1-14-11-19(23-28-14)24-29(26,27)18-9-7-17(8-10-18)22-20(25)16(13-21)12-15-5-3-2-4-6-15/h2-12H,1H3,(H,22,25)(H,23,24)/b16-12+. The highest BCUT2D eigenvalue weighted by Gasteiger charge is 2.17. The quantitative estimate of drug-likeness (QED) is 0.476. The molecule has 1 heterocycles. The van der Waals surface area contributed by atoms with Crippen LogP contribution in [0.4, 0.5) is 11.5 Å². The molecule has 9 heteroatoms. The number of sulfonamides is 1. The molecule has 0 radical (unpaired) electrons. The number of carbonyl (C=O) groups is 1. The van der Waals surface area contributed by atoms with Gasteiger partial charge in [0.25, 0.3) is 15.9 Å². The molecule has 3 aromatic rings. The van der Waals surface area contributed by atoms with E-state index in [0.717, 1.165) is 5.56 Å². The number of hydrogen-bond donors (Lipinski definition) is 2. The van der Waals surface area contributed by atoms with Crippen molar-refractivity contribution >= 4 is 33.5 Å². The van der Waals surface area contributed by atoms with E-state index in [4.69, 9.17) is 4.52 Å². The Kier molecular flexibility index (Phi) is 5.76. The molecule has 0 saturated heterocycles. The molecule has 1 aromatic heterocycles. The number of carbonyl (C=O) groups excluding carboxylic acids is 1. The van der Waals surface area contributed by atoms with Crippen molar-refractivity contribution in [2.45, 2.75) is 11.8 Å². The summed E-state index contributed by atoms with van der Waals surface area (Å²) < 4.78 is 31.9. The minimum absolute atomic E-state index is 0.0171. The lowest BCUT2D eigenvalue weighted by Gasteiger charge is -2.07. The van der Waals surface area contributed by atoms with Gasteiger partial charge < -0.3 is 9.84 Å². The summed E-state index contributed by atoms with van der Waals surface area (Å²) >= 11 is 0. The van der Waals surface area contributed by atoms with Crippen molar-refractivity contribution in [3.63, 3.8) is 0 Å². The Morgan fingerprint density at radius 2 is 1.83 bits per heavy atom. The largest absolute Gasteiger partial charge is 0.360 e. The molecule has 0 unspecified atom stereocenters. The summed E-state index contributed by atoms with van der Waals surface area (Å²) in [5, 5.41) is 15.4. The van der Waals surface area contributed by atoms with Crippen LogP contribution < -0.4 is 10.0 Å². The van der Waals surface area contributed by atoms with Crippen LogP contribution in [0.25, 0.3) is 6.08 Å². The molecule has 0 aliphatic carbocycles. The fraction of sp³-hybridized carbons (Fsp3) is 0.0500. The molecule has 0 aliphatic rings. The van der Waals surface area contributed by atoms with Crippen molar-refractivity contribution in [3.05, 3.63) is 77.6 Å². The number of amides is 1. The number of nitrogens with one attached hydrogen (secondary N) is 2. The summed E-state index contributed by atoms with van der Waals surface area (Å²) in [7, 11) is -3.86. The summed E-state index contributed by atoms with van der Waals surface area (Å²) in [6, 6.07) is 17.8. The van der Waals surface area contributed by atoms with Crippen molar-refractivity contribution < 1.29 is 17.7 Å². The van der Waals surface area contributed by atoms with Crippen molar-refractivity contribution in [2.75, 3.05) is 10.0 Å². The van der Waals surface area contributed by atoms with Gasteiger partial charge in [-0.3, -0.25) is 9.52 Å². The second-order valence-corrected chi connectivity index (χ2v) is 7.67. The van der Waals surface area contributed by atoms with Gasteiger partial charge in [-0.05, 0) is 42.8 Å². The Labute approximate surface area is 167 Å². The molecule has 8 nitrogen and oxygen atoms in total. The van der Waals surface area contributed by atoms with E-state index in [1.165, 1.54) is 36.4 Å². The summed E-state index contributed by atoms with van der Waals surface area (Å²) in [6.07, 6.45) is 1.47. The summed E-state index contributed by atoms with van der Waals surface area (Å²) in [4.78, 5) is 12.3. The van der Waals surface area contributed by atoms with E-state index in [9.17, 15) is 18.5 Å². The first kappa shape index (κ1) is 19.9. The number of nitriles is 1. The second-order valence-electron chi connectivity index (χ2n) is 5.99. The first-order valence-corrected chi connectivity index (χ1v) is 9.90. The van der Waals surface area contributed by atoms with Gasteiger partial charge in [0.2, 0.25) is 0 Å². The lowest BCUT2D eigenvalue weighted by molar-refractivity contribution is -0.112. The monoisotopic (exact) mass is 408 g/mol. The number of anilines is 2. The average Bonchev–Trinajstić information content (AvgIpc) is 3.11. The first-order valence-electron chi connectivity index (χ1n) is 8.42. The third-order valence-corrected chi connectivity index (χ3v) is 5.14. The van der Waals surface area contributed by atoms with E-state index in [-0.39, 0.29) is 16.3 Å². The zero-order chi connectivity index (χ0) is 20.9. The lowest BCUT2D eigenvalue weighted by Crippen LogP contribution is -2.15. The third-order valence-electron chi connectivity index (χ3n) is 3.77. The zero-order valence-electron chi connectivity index (χ0n) is 15.3. The second kappa shape index (κ2) is 8.41. The van der Waals surface area contributed by atoms with E-state index in [2.05, 4.69) is 15.2 Å². The molecule has 0 atom stereocenters. The van der Waals surface area contributed by atoms with Gasteiger partial charge in [0, 0.05) is 11.8 Å². The minimum Gasteiger partial charge on any atom is -0.360 e. The fourth-order valence-electron chi connectivity index (χ4n) is 2.39. The van der Waals surface area contributed by atoms with Crippen LogP contribution in [0.1, 0.15) is 11.3 Å². The lowest BCUT2D eigenvalue weighted by atomic mass is 10.1. The summed E-state index contributed by atoms with van der Waals surface area (Å²) in [6.45, 7) is 1.64. The predicted octanol–water partition coefficient (Wildman–Crippen LogP) is 3.33.